The molecule has 0 amide bonds. The summed E-state index contributed by atoms with van der Waals surface area (Å²) in [6, 6.07) is 1.76. The Labute approximate surface area is 164 Å². The molecular formula is C18H18F2N8O. The molecule has 0 spiro atoms. The summed E-state index contributed by atoms with van der Waals surface area (Å²) < 4.78 is 33.2. The maximum absolute atomic E-state index is 13.0. The smallest absolute Gasteiger partial charge is 0.281 e. The number of rotatable bonds is 5. The molecular weight excluding hydrogens is 382 g/mol. The second kappa shape index (κ2) is 7.87. The monoisotopic (exact) mass is 400 g/mol. The van der Waals surface area contributed by atoms with Gasteiger partial charge in [0.2, 0.25) is 0 Å². The Morgan fingerprint density at radius 3 is 2.93 bits per heavy atom. The van der Waals surface area contributed by atoms with E-state index in [2.05, 4.69) is 19.9 Å². The van der Waals surface area contributed by atoms with Crippen LogP contribution >= 0.6 is 0 Å². The molecule has 29 heavy (non-hydrogen) atoms. The van der Waals surface area contributed by atoms with Crippen LogP contribution in [-0.2, 0) is 4.74 Å². The zero-order valence-corrected chi connectivity index (χ0v) is 15.2. The fraction of sp³-hybridized carbons (Fsp3) is 0.278. The molecule has 0 saturated carbocycles. The molecule has 3 aromatic rings. The van der Waals surface area contributed by atoms with Gasteiger partial charge in [-0.15, -0.1) is 0 Å². The minimum Gasteiger partial charge on any atom is -0.404 e. The van der Waals surface area contributed by atoms with Crippen molar-refractivity contribution >= 4 is 17.7 Å². The summed E-state index contributed by atoms with van der Waals surface area (Å²) in [6.07, 6.45) is 5.17. The normalized spacial score (nSPS) is 17.8. The van der Waals surface area contributed by atoms with Crippen molar-refractivity contribution in [3.8, 4) is 11.5 Å². The van der Waals surface area contributed by atoms with Gasteiger partial charge in [0, 0.05) is 43.5 Å². The van der Waals surface area contributed by atoms with Gasteiger partial charge in [0.1, 0.15) is 23.3 Å². The topological polar surface area (TPSA) is 118 Å². The highest BCUT2D eigenvalue weighted by molar-refractivity contribution is 5.77. The molecule has 0 radical (unpaired) electrons. The quantitative estimate of drug-likeness (QED) is 0.627. The van der Waals surface area contributed by atoms with Gasteiger partial charge in [0.05, 0.1) is 19.0 Å². The van der Waals surface area contributed by atoms with Crippen LogP contribution in [0.3, 0.4) is 0 Å². The largest absolute Gasteiger partial charge is 0.404 e. The van der Waals surface area contributed by atoms with Gasteiger partial charge in [-0.2, -0.15) is 0 Å². The van der Waals surface area contributed by atoms with Gasteiger partial charge in [-0.25, -0.2) is 28.7 Å². The van der Waals surface area contributed by atoms with E-state index >= 15 is 0 Å². The first-order chi connectivity index (χ1) is 14.1. The maximum atomic E-state index is 13.0. The van der Waals surface area contributed by atoms with E-state index in [9.17, 15) is 8.78 Å². The number of morpholine rings is 1. The molecule has 4 heterocycles. The predicted molar refractivity (Wildman–Crippen MR) is 102 cm³/mol. The van der Waals surface area contributed by atoms with Crippen LogP contribution in [0.15, 0.2) is 42.6 Å². The lowest BCUT2D eigenvalue weighted by Gasteiger charge is -2.34. The molecule has 1 aliphatic heterocycles. The fourth-order valence-corrected chi connectivity index (χ4v) is 3.14. The van der Waals surface area contributed by atoms with E-state index in [1.54, 1.807) is 12.3 Å². The van der Waals surface area contributed by atoms with Crippen LogP contribution < -0.4 is 10.6 Å². The second-order valence-corrected chi connectivity index (χ2v) is 6.34. The lowest BCUT2D eigenvalue weighted by atomic mass is 10.1. The van der Waals surface area contributed by atoms with Crippen molar-refractivity contribution in [1.82, 2.24) is 24.3 Å². The zero-order valence-electron chi connectivity index (χ0n) is 15.2. The highest BCUT2D eigenvalue weighted by Crippen LogP contribution is 2.24. The molecule has 1 atom stereocenters. The molecule has 11 heteroatoms. The van der Waals surface area contributed by atoms with Crippen molar-refractivity contribution in [2.24, 2.45) is 5.73 Å². The fourth-order valence-electron chi connectivity index (χ4n) is 3.14. The molecule has 0 aromatic carbocycles. The van der Waals surface area contributed by atoms with Crippen LogP contribution in [0, 0.1) is 5.41 Å². The van der Waals surface area contributed by atoms with Gasteiger partial charge in [-0.1, -0.05) is 0 Å². The summed E-state index contributed by atoms with van der Waals surface area (Å²) in [6.45, 7) is 1.53. The number of nitrogens with one attached hydrogen (secondary N) is 1. The number of nitrogens with two attached hydrogens (primary N) is 1. The number of anilines is 1. The summed E-state index contributed by atoms with van der Waals surface area (Å²) >= 11 is 0. The Bertz CT molecular complexity index is 1070. The number of fused-ring (bicyclic) bond motifs is 1. The van der Waals surface area contributed by atoms with Gasteiger partial charge in [-0.3, -0.25) is 4.40 Å². The van der Waals surface area contributed by atoms with E-state index < -0.39 is 6.43 Å². The van der Waals surface area contributed by atoms with Crippen molar-refractivity contribution in [2.75, 3.05) is 24.6 Å². The van der Waals surface area contributed by atoms with Crippen molar-refractivity contribution < 1.29 is 13.5 Å². The number of nitrogens with zero attached hydrogens (tertiary/aromatic N) is 6. The SMILES string of the molecule is N=CC(=CN)C1CN(c2ccnc(-c3cnc4cnc(C(F)F)cn34)n2)CCO1. The minimum atomic E-state index is -2.69. The Morgan fingerprint density at radius 1 is 1.31 bits per heavy atom. The van der Waals surface area contributed by atoms with Gasteiger partial charge in [-0.05, 0) is 6.07 Å². The lowest BCUT2D eigenvalue weighted by Crippen LogP contribution is -2.44. The van der Waals surface area contributed by atoms with Crippen LogP contribution in [0.2, 0.25) is 0 Å². The van der Waals surface area contributed by atoms with E-state index in [1.807, 2.05) is 4.90 Å². The Hall–Kier alpha value is -3.47. The number of imidazole rings is 1. The summed E-state index contributed by atoms with van der Waals surface area (Å²) in [4.78, 5) is 18.8. The van der Waals surface area contributed by atoms with Gasteiger partial charge >= 0.3 is 0 Å². The number of ether oxygens (including phenoxy) is 1. The molecule has 4 rings (SSSR count). The first-order valence-electron chi connectivity index (χ1n) is 8.84. The molecule has 1 aliphatic rings. The standard InChI is InChI=1S/C18H18F2N8O/c19-17(20)12-9-28-13(7-25-16(28)8-24-12)18-23-2-1-15(26-18)27-3-4-29-14(10-27)11(5-21)6-22/h1-2,5-9,14,17,21H,3-4,10,22H2. The number of aromatic nitrogens is 5. The minimum absolute atomic E-state index is 0.333. The van der Waals surface area contributed by atoms with Crippen molar-refractivity contribution in [3.63, 3.8) is 0 Å². The first-order valence-corrected chi connectivity index (χ1v) is 8.84. The Morgan fingerprint density at radius 2 is 2.17 bits per heavy atom. The first kappa shape index (κ1) is 18.9. The molecule has 0 bridgehead atoms. The number of hydrogen-bond acceptors (Lipinski definition) is 8. The average molecular weight is 400 g/mol. The van der Waals surface area contributed by atoms with Gasteiger partial charge < -0.3 is 20.8 Å². The molecule has 3 N–H and O–H groups in total. The Balaban J connectivity index is 1.67. The van der Waals surface area contributed by atoms with Gasteiger partial charge in [0.25, 0.3) is 6.43 Å². The zero-order chi connectivity index (χ0) is 20.4. The lowest BCUT2D eigenvalue weighted by molar-refractivity contribution is 0.0676. The molecule has 3 aromatic heterocycles. The number of halogens is 2. The molecule has 1 unspecified atom stereocenters. The molecule has 9 nitrogen and oxygen atoms in total. The third-order valence-corrected chi connectivity index (χ3v) is 4.63. The average Bonchev–Trinajstić information content (AvgIpc) is 3.18. The highest BCUT2D eigenvalue weighted by atomic mass is 19.3. The molecule has 150 valence electrons. The van der Waals surface area contributed by atoms with Crippen molar-refractivity contribution in [2.45, 2.75) is 12.5 Å². The van der Waals surface area contributed by atoms with Crippen LogP contribution in [0.25, 0.3) is 17.2 Å². The molecule has 0 aliphatic carbocycles. The predicted octanol–water partition coefficient (Wildman–Crippen LogP) is 1.82. The van der Waals surface area contributed by atoms with Crippen LogP contribution in [0.4, 0.5) is 14.6 Å². The third-order valence-electron chi connectivity index (χ3n) is 4.63. The van der Waals surface area contributed by atoms with Crippen molar-refractivity contribution in [3.05, 3.63) is 48.3 Å². The number of hydrogen-bond donors (Lipinski definition) is 2. The van der Waals surface area contributed by atoms with E-state index in [1.165, 1.54) is 35.4 Å². The van der Waals surface area contributed by atoms with Crippen molar-refractivity contribution in [1.29, 1.82) is 5.41 Å². The van der Waals surface area contributed by atoms with Crippen LogP contribution in [-0.4, -0.2) is 56.4 Å². The summed E-state index contributed by atoms with van der Waals surface area (Å²) in [7, 11) is 0. The second-order valence-electron chi connectivity index (χ2n) is 6.34. The van der Waals surface area contributed by atoms with E-state index in [-0.39, 0.29) is 11.8 Å². The molecule has 1 fully saturated rings. The van der Waals surface area contributed by atoms with E-state index in [0.717, 1.165) is 0 Å². The van der Waals surface area contributed by atoms with E-state index in [0.29, 0.717) is 48.3 Å². The highest BCUT2D eigenvalue weighted by Gasteiger charge is 2.24. The summed E-state index contributed by atoms with van der Waals surface area (Å²) in [5.74, 6) is 1.01. The molecule has 1 saturated heterocycles. The third kappa shape index (κ3) is 3.63. The Kier molecular flexibility index (Phi) is 5.12. The summed E-state index contributed by atoms with van der Waals surface area (Å²) in [5, 5.41) is 7.45. The number of alkyl halides is 2. The summed E-state index contributed by atoms with van der Waals surface area (Å²) in [5.41, 5.74) is 6.71. The van der Waals surface area contributed by atoms with E-state index in [4.69, 9.17) is 15.9 Å². The van der Waals surface area contributed by atoms with Crippen LogP contribution in [0.5, 0.6) is 0 Å². The van der Waals surface area contributed by atoms with Crippen LogP contribution in [0.1, 0.15) is 12.1 Å². The van der Waals surface area contributed by atoms with Gasteiger partial charge in [0.15, 0.2) is 11.5 Å². The maximum Gasteiger partial charge on any atom is 0.281 e.